The van der Waals surface area contributed by atoms with Crippen molar-refractivity contribution >= 4 is 5.97 Å². The van der Waals surface area contributed by atoms with Gasteiger partial charge in [-0.15, -0.1) is 0 Å². The van der Waals surface area contributed by atoms with E-state index in [9.17, 15) is 4.79 Å². The lowest BCUT2D eigenvalue weighted by atomic mass is 10.1. The molecular formula is C13H19NO3. The van der Waals surface area contributed by atoms with Crippen LogP contribution in [-0.2, 0) is 11.3 Å². The number of furan rings is 1. The summed E-state index contributed by atoms with van der Waals surface area (Å²) < 4.78 is 9.93. The zero-order valence-corrected chi connectivity index (χ0v) is 10.4. The fraction of sp³-hybridized carbons (Fsp3) is 0.615. The second kappa shape index (κ2) is 5.36. The van der Waals surface area contributed by atoms with E-state index < -0.39 is 0 Å². The lowest BCUT2D eigenvalue weighted by molar-refractivity contribution is 0.0600. The third kappa shape index (κ3) is 3.09. The van der Waals surface area contributed by atoms with Crippen LogP contribution in [0.25, 0.3) is 0 Å². The van der Waals surface area contributed by atoms with Gasteiger partial charge in [0.15, 0.2) is 0 Å². The van der Waals surface area contributed by atoms with Gasteiger partial charge in [0.05, 0.1) is 19.2 Å². The lowest BCUT2D eigenvalue weighted by Gasteiger charge is -2.10. The van der Waals surface area contributed by atoms with Gasteiger partial charge in [-0.25, -0.2) is 4.79 Å². The Morgan fingerprint density at radius 3 is 3.06 bits per heavy atom. The molecule has 1 aliphatic rings. The van der Waals surface area contributed by atoms with Gasteiger partial charge in [-0.05, 0) is 31.2 Å². The van der Waals surface area contributed by atoms with Gasteiger partial charge in [0.2, 0.25) is 0 Å². The van der Waals surface area contributed by atoms with E-state index in [1.165, 1.54) is 32.6 Å². The smallest absolute Gasteiger partial charge is 0.341 e. The molecule has 0 spiro atoms. The van der Waals surface area contributed by atoms with E-state index in [4.69, 9.17) is 4.42 Å². The first kappa shape index (κ1) is 12.2. The van der Waals surface area contributed by atoms with Crippen molar-refractivity contribution in [2.45, 2.75) is 38.8 Å². The summed E-state index contributed by atoms with van der Waals surface area (Å²) in [7, 11) is 1.37. The molecule has 0 aromatic carbocycles. The van der Waals surface area contributed by atoms with Gasteiger partial charge in [-0.1, -0.05) is 6.92 Å². The van der Waals surface area contributed by atoms with E-state index in [0.717, 1.165) is 11.7 Å². The fourth-order valence-electron chi connectivity index (χ4n) is 2.34. The van der Waals surface area contributed by atoms with Crippen molar-refractivity contribution < 1.29 is 13.9 Å². The summed E-state index contributed by atoms with van der Waals surface area (Å²) in [5.41, 5.74) is 0.476. The van der Waals surface area contributed by atoms with E-state index in [1.807, 2.05) is 0 Å². The van der Waals surface area contributed by atoms with Gasteiger partial charge < -0.3 is 14.5 Å². The molecule has 0 saturated heterocycles. The number of hydrogen-bond donors (Lipinski definition) is 1. The number of carbonyl (C=O) groups is 1. The van der Waals surface area contributed by atoms with Gasteiger partial charge in [0.1, 0.15) is 12.0 Å². The number of hydrogen-bond acceptors (Lipinski definition) is 4. The molecule has 0 amide bonds. The molecule has 4 heteroatoms. The monoisotopic (exact) mass is 237 g/mol. The van der Waals surface area contributed by atoms with Gasteiger partial charge in [0, 0.05) is 6.04 Å². The van der Waals surface area contributed by atoms with E-state index >= 15 is 0 Å². The summed E-state index contributed by atoms with van der Waals surface area (Å²) in [4.78, 5) is 11.2. The summed E-state index contributed by atoms with van der Waals surface area (Å²) >= 11 is 0. The summed E-state index contributed by atoms with van der Waals surface area (Å²) in [6.07, 6.45) is 5.19. The average molecular weight is 237 g/mol. The molecule has 0 bridgehead atoms. The highest BCUT2D eigenvalue weighted by Gasteiger charge is 2.21. The minimum Gasteiger partial charge on any atom is -0.467 e. The fourth-order valence-corrected chi connectivity index (χ4v) is 2.34. The van der Waals surface area contributed by atoms with E-state index in [-0.39, 0.29) is 5.97 Å². The first-order chi connectivity index (χ1) is 8.19. The Morgan fingerprint density at radius 2 is 2.41 bits per heavy atom. The Kier molecular flexibility index (Phi) is 3.84. The first-order valence-electron chi connectivity index (χ1n) is 6.08. The van der Waals surface area contributed by atoms with Gasteiger partial charge >= 0.3 is 5.97 Å². The lowest BCUT2D eigenvalue weighted by Crippen LogP contribution is -2.25. The molecule has 4 nitrogen and oxygen atoms in total. The van der Waals surface area contributed by atoms with E-state index in [0.29, 0.717) is 18.2 Å². The van der Waals surface area contributed by atoms with Crippen molar-refractivity contribution in [1.82, 2.24) is 5.32 Å². The van der Waals surface area contributed by atoms with Crippen molar-refractivity contribution in [2.24, 2.45) is 5.92 Å². The number of nitrogens with one attached hydrogen (secondary N) is 1. The Hall–Kier alpha value is -1.29. The van der Waals surface area contributed by atoms with Crippen molar-refractivity contribution in [1.29, 1.82) is 0 Å². The Bertz CT molecular complexity index is 386. The third-order valence-corrected chi connectivity index (χ3v) is 3.33. The molecule has 1 N–H and O–H groups in total. The third-order valence-electron chi connectivity index (χ3n) is 3.33. The van der Waals surface area contributed by atoms with Crippen LogP contribution in [-0.4, -0.2) is 19.1 Å². The number of esters is 1. The molecule has 1 aromatic heterocycles. The number of carbonyl (C=O) groups excluding carboxylic acids is 1. The summed E-state index contributed by atoms with van der Waals surface area (Å²) in [6, 6.07) is 2.31. The second-order valence-corrected chi connectivity index (χ2v) is 4.79. The zero-order chi connectivity index (χ0) is 12.3. The molecule has 1 heterocycles. The molecule has 0 aliphatic heterocycles. The molecule has 2 unspecified atom stereocenters. The number of methoxy groups -OCH3 is 1. The van der Waals surface area contributed by atoms with Crippen molar-refractivity contribution in [3.63, 3.8) is 0 Å². The molecule has 1 saturated carbocycles. The summed E-state index contributed by atoms with van der Waals surface area (Å²) in [5, 5.41) is 3.45. The largest absolute Gasteiger partial charge is 0.467 e. The normalized spacial score (nSPS) is 23.9. The molecule has 17 heavy (non-hydrogen) atoms. The van der Waals surface area contributed by atoms with Crippen molar-refractivity contribution in [3.05, 3.63) is 23.7 Å². The first-order valence-corrected chi connectivity index (χ1v) is 6.08. The molecule has 94 valence electrons. The molecule has 2 atom stereocenters. The molecule has 1 fully saturated rings. The van der Waals surface area contributed by atoms with Crippen LogP contribution in [0.15, 0.2) is 16.7 Å². The number of ether oxygens (including phenoxy) is 1. The van der Waals surface area contributed by atoms with Crippen LogP contribution in [0.3, 0.4) is 0 Å². The molecule has 1 aromatic rings. The molecule has 1 aliphatic carbocycles. The van der Waals surface area contributed by atoms with Crippen LogP contribution in [0.5, 0.6) is 0 Å². The van der Waals surface area contributed by atoms with Crippen LogP contribution < -0.4 is 5.32 Å². The summed E-state index contributed by atoms with van der Waals surface area (Å²) in [5.74, 6) is 1.24. The van der Waals surface area contributed by atoms with Crippen molar-refractivity contribution in [3.8, 4) is 0 Å². The highest BCUT2D eigenvalue weighted by atomic mass is 16.5. The van der Waals surface area contributed by atoms with Crippen LogP contribution >= 0.6 is 0 Å². The summed E-state index contributed by atoms with van der Waals surface area (Å²) in [6.45, 7) is 2.96. The Balaban J connectivity index is 1.83. The standard InChI is InChI=1S/C13H19NO3/c1-9-3-4-11(5-9)14-7-12-6-10(8-17-12)13(15)16-2/h6,8-9,11,14H,3-5,7H2,1-2H3. The molecule has 0 radical (unpaired) electrons. The number of rotatable bonds is 4. The van der Waals surface area contributed by atoms with Crippen LogP contribution in [0.2, 0.25) is 0 Å². The average Bonchev–Trinajstić information content (AvgIpc) is 2.94. The Morgan fingerprint density at radius 1 is 1.59 bits per heavy atom. The zero-order valence-electron chi connectivity index (χ0n) is 10.4. The van der Waals surface area contributed by atoms with E-state index in [2.05, 4.69) is 17.0 Å². The minimum absolute atomic E-state index is 0.352. The van der Waals surface area contributed by atoms with Gasteiger partial charge in [-0.2, -0.15) is 0 Å². The van der Waals surface area contributed by atoms with Gasteiger partial charge in [-0.3, -0.25) is 0 Å². The maximum Gasteiger partial charge on any atom is 0.341 e. The molecule has 2 rings (SSSR count). The SMILES string of the molecule is COC(=O)c1coc(CNC2CCC(C)C2)c1. The van der Waals surface area contributed by atoms with Crippen LogP contribution in [0.1, 0.15) is 42.3 Å². The highest BCUT2D eigenvalue weighted by molar-refractivity contribution is 5.88. The maximum absolute atomic E-state index is 11.2. The van der Waals surface area contributed by atoms with Crippen LogP contribution in [0.4, 0.5) is 0 Å². The topological polar surface area (TPSA) is 51.5 Å². The quantitative estimate of drug-likeness (QED) is 0.817. The van der Waals surface area contributed by atoms with Gasteiger partial charge in [0.25, 0.3) is 0 Å². The van der Waals surface area contributed by atoms with Crippen molar-refractivity contribution in [2.75, 3.05) is 7.11 Å². The van der Waals surface area contributed by atoms with E-state index in [1.54, 1.807) is 6.07 Å². The van der Waals surface area contributed by atoms with Crippen LogP contribution in [0, 0.1) is 5.92 Å². The highest BCUT2D eigenvalue weighted by Crippen LogP contribution is 2.24. The Labute approximate surface area is 101 Å². The molecular weight excluding hydrogens is 218 g/mol. The predicted octanol–water partition coefficient (Wildman–Crippen LogP) is 2.34. The second-order valence-electron chi connectivity index (χ2n) is 4.79. The predicted molar refractivity (Wildman–Crippen MR) is 63.7 cm³/mol. The maximum atomic E-state index is 11.2. The minimum atomic E-state index is -0.352.